The van der Waals surface area contributed by atoms with E-state index in [2.05, 4.69) is 438 Å². The van der Waals surface area contributed by atoms with Gasteiger partial charge in [-0.05, 0) is 282 Å². The predicted octanol–water partition coefficient (Wildman–Crippen LogP) is 29.7. The Hall–Kier alpha value is -14.5. The standard InChI is InChI=1S/C120H104B2N4O4/c1-73-27-63-111(127-73)81-37-29-77(30-38-81)85-21-19-22-96(65-85)126-104-62-53-92(120(14,15)16)70-102(104)122-101-61-46-86(66-107(101)124(105-25-20-26-106(126)115(105)122)94-56-49-90(50-57-94)118(8,9)10)78-31-41-83(42-32-78)113-71-97(75(3)129-113)98-72-114(130-76(98)4)84-43-33-79(34-44-84)87-45-60-100-108(67-87)125(95-58-51-91(52-59-95)119(11,12)13)110-69-88(80-35-39-82(40-36-80)112-64-28-74(2)128-112)68-109-116(110)121(100)99-23-17-18-24-103(99)123(109)93-54-47-89(48-55-93)117(5,6)7/h17-72H,1-16H3. The largest absolute Gasteiger partial charge is 0.461 e. The summed E-state index contributed by atoms with van der Waals surface area (Å²) in [6, 6.07) is 127. The van der Waals surface area contributed by atoms with E-state index >= 15 is 0 Å². The molecule has 0 atom stereocenters. The second-order valence-corrected chi connectivity index (χ2v) is 40.2. The smallest absolute Gasteiger partial charge is 0.252 e. The normalized spacial score (nSPS) is 13.3. The molecular formula is C120H104B2N4O4. The molecule has 8 nitrogen and oxygen atoms in total. The maximum Gasteiger partial charge on any atom is 0.252 e. The summed E-state index contributed by atoms with van der Waals surface area (Å²) < 4.78 is 25.8. The summed E-state index contributed by atoms with van der Waals surface area (Å²) in [6.45, 7) is 35.6. The first-order valence-electron chi connectivity index (χ1n) is 45.8. The molecule has 4 aliphatic heterocycles. The van der Waals surface area contributed by atoms with Gasteiger partial charge in [0, 0.05) is 102 Å². The molecule has 0 bridgehead atoms. The first-order valence-corrected chi connectivity index (χ1v) is 45.8. The molecule has 0 saturated carbocycles. The Morgan fingerprint density at radius 1 is 0.200 bits per heavy atom. The van der Waals surface area contributed by atoms with Gasteiger partial charge in [0.1, 0.15) is 46.1 Å². The van der Waals surface area contributed by atoms with Crippen molar-refractivity contribution in [1.82, 2.24) is 0 Å². The second kappa shape index (κ2) is 30.6. The highest BCUT2D eigenvalue weighted by Gasteiger charge is 2.47. The van der Waals surface area contributed by atoms with Crippen molar-refractivity contribution in [2.24, 2.45) is 0 Å². The Labute approximate surface area is 765 Å². The summed E-state index contributed by atoms with van der Waals surface area (Å²) in [7, 11) is 0. The van der Waals surface area contributed by atoms with Crippen LogP contribution >= 0.6 is 0 Å². The zero-order valence-electron chi connectivity index (χ0n) is 76.9. The van der Waals surface area contributed by atoms with Crippen molar-refractivity contribution in [3.8, 4) is 101 Å². The fourth-order valence-corrected chi connectivity index (χ4v) is 20.4. The molecule has 8 heterocycles. The third-order valence-electron chi connectivity index (χ3n) is 27.5. The van der Waals surface area contributed by atoms with E-state index in [-0.39, 0.29) is 35.1 Å². The first kappa shape index (κ1) is 81.3. The van der Waals surface area contributed by atoms with E-state index in [1.54, 1.807) is 0 Å². The lowest BCUT2D eigenvalue weighted by atomic mass is 9.33. The fourth-order valence-electron chi connectivity index (χ4n) is 20.4. The molecule has 0 N–H and O–H groups in total. The van der Waals surface area contributed by atoms with Crippen molar-refractivity contribution in [3.63, 3.8) is 0 Å². The topological polar surface area (TPSA) is 65.5 Å². The minimum absolute atomic E-state index is 0.00400. The lowest BCUT2D eigenvalue weighted by Gasteiger charge is -2.44. The number of fused-ring (bicyclic) bond motifs is 8. The number of nitrogens with zero attached hydrogens (tertiary/aromatic N) is 4. The molecule has 0 radical (unpaired) electrons. The number of hydrogen-bond acceptors (Lipinski definition) is 8. The highest BCUT2D eigenvalue weighted by molar-refractivity contribution is 7.01. The van der Waals surface area contributed by atoms with Crippen molar-refractivity contribution in [2.75, 3.05) is 19.6 Å². The summed E-state index contributed by atoms with van der Waals surface area (Å²) >= 11 is 0. The molecule has 0 spiro atoms. The summed E-state index contributed by atoms with van der Waals surface area (Å²) in [5.74, 6) is 6.78. The van der Waals surface area contributed by atoms with Gasteiger partial charge in [-0.1, -0.05) is 289 Å². The van der Waals surface area contributed by atoms with Gasteiger partial charge >= 0.3 is 0 Å². The molecule has 10 heteroatoms. The Kier molecular flexibility index (Phi) is 19.2. The monoisotopic (exact) mass is 1690 g/mol. The average Bonchev–Trinajstić information content (AvgIpc) is 1.05. The lowest BCUT2D eigenvalue weighted by molar-refractivity contribution is 0.544. The molecule has 18 aromatic rings. The van der Waals surface area contributed by atoms with Gasteiger partial charge in [0.15, 0.2) is 0 Å². The van der Waals surface area contributed by atoms with Gasteiger partial charge in [-0.15, -0.1) is 0 Å². The molecule has 0 amide bonds. The van der Waals surface area contributed by atoms with Crippen LogP contribution in [-0.2, 0) is 21.7 Å². The van der Waals surface area contributed by atoms with Crippen molar-refractivity contribution < 1.29 is 17.7 Å². The molecule has 130 heavy (non-hydrogen) atoms. The van der Waals surface area contributed by atoms with Crippen LogP contribution in [0.3, 0.4) is 0 Å². The van der Waals surface area contributed by atoms with Crippen LogP contribution in [0.2, 0.25) is 0 Å². The first-order chi connectivity index (χ1) is 62.6. The van der Waals surface area contributed by atoms with Crippen LogP contribution in [0.15, 0.2) is 357 Å². The van der Waals surface area contributed by atoms with Gasteiger partial charge in [-0.3, -0.25) is 0 Å². The molecule has 4 aliphatic rings. The highest BCUT2D eigenvalue weighted by Crippen LogP contribution is 2.52. The van der Waals surface area contributed by atoms with E-state index in [0.29, 0.717) is 0 Å². The molecule has 14 aromatic carbocycles. The third-order valence-corrected chi connectivity index (χ3v) is 27.5. The van der Waals surface area contributed by atoms with Crippen LogP contribution in [0.1, 0.15) is 128 Å². The minimum Gasteiger partial charge on any atom is -0.461 e. The van der Waals surface area contributed by atoms with Crippen molar-refractivity contribution in [2.45, 2.75) is 132 Å². The summed E-state index contributed by atoms with van der Waals surface area (Å²) in [6.07, 6.45) is 0. The predicted molar refractivity (Wildman–Crippen MR) is 546 cm³/mol. The lowest BCUT2D eigenvalue weighted by Crippen LogP contribution is -2.61. The molecule has 0 aliphatic carbocycles. The summed E-state index contributed by atoms with van der Waals surface area (Å²) in [4.78, 5) is 10.1. The molecule has 0 fully saturated rings. The van der Waals surface area contributed by atoms with E-state index in [0.717, 1.165) is 169 Å². The van der Waals surface area contributed by atoms with Crippen LogP contribution in [0.25, 0.3) is 101 Å². The molecule has 0 unspecified atom stereocenters. The average molecular weight is 1690 g/mol. The SMILES string of the molecule is Cc1ccc(-c2ccc(-c3cccc(N4c5ccc(C(C)(C)C)cc5B5c6ccc(-c7ccc(-c8cc(-c9cc(-c%10ccc(-c%11ccc%12c(c%11)N(c%11ccc(C(C)(C)C)cc%11)c%11cc(-c%13ccc(-c%14ccc(C)o%14)cc%13)cc%13c%11B%12c%11ccccc%11N%13c%11ccc(C(C)(C)C)cc%11)cc%10)oc9C)c(C)o8)cc7)cc6N(c6ccc(C(C)(C)C)cc6)c6cccc4c65)c3)cc2)o1. The zero-order chi connectivity index (χ0) is 89.3. The fraction of sp³-hybridized carbons (Fsp3) is 0.167. The number of anilines is 12. The molecule has 634 valence electrons. The van der Waals surface area contributed by atoms with Gasteiger partial charge in [0.05, 0.1) is 0 Å². The number of aryl methyl sites for hydroxylation is 4. The Morgan fingerprint density at radius 3 is 0.954 bits per heavy atom. The highest BCUT2D eigenvalue weighted by atomic mass is 16.4. The number of rotatable bonds is 13. The minimum atomic E-state index is -0.0947. The van der Waals surface area contributed by atoms with Crippen LogP contribution in [0.5, 0.6) is 0 Å². The van der Waals surface area contributed by atoms with E-state index in [1.165, 1.54) is 77.8 Å². The van der Waals surface area contributed by atoms with Crippen molar-refractivity contribution >= 4 is 114 Å². The van der Waals surface area contributed by atoms with Gasteiger partial charge in [-0.2, -0.15) is 0 Å². The van der Waals surface area contributed by atoms with Crippen LogP contribution in [0.4, 0.5) is 68.2 Å². The summed E-state index contributed by atoms with van der Waals surface area (Å²) in [5.41, 5.74) is 41.5. The van der Waals surface area contributed by atoms with Crippen LogP contribution in [0, 0.1) is 27.7 Å². The number of furan rings is 4. The maximum absolute atomic E-state index is 6.79. The Balaban J connectivity index is 0.581. The number of para-hydroxylation sites is 1. The van der Waals surface area contributed by atoms with E-state index in [1.807, 2.05) is 32.0 Å². The zero-order valence-corrected chi connectivity index (χ0v) is 76.9. The maximum atomic E-state index is 6.79. The van der Waals surface area contributed by atoms with Gasteiger partial charge < -0.3 is 37.3 Å². The molecular weight excluding hydrogens is 1580 g/mol. The third kappa shape index (κ3) is 14.1. The Morgan fingerprint density at radius 2 is 0.523 bits per heavy atom. The van der Waals surface area contributed by atoms with E-state index in [9.17, 15) is 0 Å². The van der Waals surface area contributed by atoms with Gasteiger partial charge in [0.25, 0.3) is 13.4 Å². The Bertz CT molecular complexity index is 7480. The van der Waals surface area contributed by atoms with E-state index in [4.69, 9.17) is 17.7 Å². The molecule has 22 rings (SSSR count). The van der Waals surface area contributed by atoms with Gasteiger partial charge in [0.2, 0.25) is 0 Å². The number of benzene rings is 14. The van der Waals surface area contributed by atoms with Crippen molar-refractivity contribution in [3.05, 3.63) is 385 Å². The molecule has 0 saturated heterocycles. The quantitative estimate of drug-likeness (QED) is 0.106. The van der Waals surface area contributed by atoms with E-state index < -0.39 is 0 Å². The van der Waals surface area contributed by atoms with Crippen LogP contribution < -0.4 is 52.4 Å². The van der Waals surface area contributed by atoms with Crippen molar-refractivity contribution in [1.29, 1.82) is 0 Å². The second-order valence-electron chi connectivity index (χ2n) is 40.2. The van der Waals surface area contributed by atoms with Gasteiger partial charge in [-0.25, -0.2) is 0 Å². The summed E-state index contributed by atoms with van der Waals surface area (Å²) in [5, 5.41) is 0. The van der Waals surface area contributed by atoms with Crippen LogP contribution in [-0.4, -0.2) is 13.4 Å². The number of hydrogen-bond donors (Lipinski definition) is 0. The molecule has 4 aromatic heterocycles.